The van der Waals surface area contributed by atoms with Crippen molar-refractivity contribution in [2.45, 2.75) is 110 Å². The summed E-state index contributed by atoms with van der Waals surface area (Å²) in [5, 5.41) is 17.0. The molecule has 66 heavy (non-hydrogen) atoms. The minimum absolute atomic E-state index is 0.344. The number of aryl methyl sites for hydroxylation is 4. The molecule has 0 saturated carbocycles. The molecule has 0 radical (unpaired) electrons. The van der Waals surface area contributed by atoms with E-state index < -0.39 is 0 Å². The summed E-state index contributed by atoms with van der Waals surface area (Å²) >= 11 is 3.40. The highest BCUT2D eigenvalue weighted by atomic mass is 79.9. The first-order valence-corrected chi connectivity index (χ1v) is 24.0. The highest BCUT2D eigenvalue weighted by Crippen LogP contribution is 2.40. The number of piperidine rings is 2. The standard InChI is InChI=1S/C26H30FN5O2.C23H27BrFN5O2/c1-4-5-18-14-21-16(2)23(26-28-17(3)31-34-26)25(30-24(21)22(27)15-18)32-10-6-19(7-11-32)29-20-8-12-33-13-9-20;1-13-18-11-15(24)12-19(25)21(18)28-22(20(13)23-26-14(2)29-32-23)30-7-3-16(4-8-30)27-17-5-9-31-10-6-17/h14-15,19-20,29H,6-13H2,1-3H3;11-12,16-17,27H,3-10H2,1-2H3. The van der Waals surface area contributed by atoms with Crippen LogP contribution in [0.25, 0.3) is 44.7 Å². The molecule has 4 aromatic heterocycles. The van der Waals surface area contributed by atoms with Crippen LogP contribution in [0.1, 0.15) is 86.6 Å². The summed E-state index contributed by atoms with van der Waals surface area (Å²) in [7, 11) is 0. The van der Waals surface area contributed by atoms with Crippen LogP contribution in [0.3, 0.4) is 0 Å². The molecule has 6 aromatic rings. The van der Waals surface area contributed by atoms with Gasteiger partial charge in [-0.2, -0.15) is 9.97 Å². The van der Waals surface area contributed by atoms with Crippen LogP contribution in [0, 0.1) is 51.2 Å². The Morgan fingerprint density at radius 1 is 0.591 bits per heavy atom. The SMILES string of the molecule is CC#Cc1cc(F)c2nc(N3CCC(NC4CCOCC4)CC3)c(-c3nc(C)no3)c(C)c2c1.Cc1noc(-c2c(N3CCC(NC4CCOCC4)CC3)nc3c(F)cc(Br)cc3c2C)n1. The molecule has 8 heterocycles. The second-order valence-corrected chi connectivity index (χ2v) is 18.7. The van der Waals surface area contributed by atoms with Crippen LogP contribution < -0.4 is 20.4 Å². The summed E-state index contributed by atoms with van der Waals surface area (Å²) in [6.07, 6.45) is 8.26. The number of anilines is 2. The number of ether oxygens (including phenoxy) is 2. The van der Waals surface area contributed by atoms with Crippen LogP contribution in [0.2, 0.25) is 0 Å². The van der Waals surface area contributed by atoms with Crippen molar-refractivity contribution in [3.05, 3.63) is 68.7 Å². The quantitative estimate of drug-likeness (QED) is 0.140. The molecule has 2 N–H and O–H groups in total. The number of fused-ring (bicyclic) bond motifs is 2. The van der Waals surface area contributed by atoms with Gasteiger partial charge in [-0.25, -0.2) is 18.7 Å². The van der Waals surface area contributed by atoms with Crippen molar-refractivity contribution in [2.75, 3.05) is 62.4 Å². The number of hydrogen-bond acceptors (Lipinski definition) is 14. The number of pyridine rings is 2. The van der Waals surface area contributed by atoms with Crippen molar-refractivity contribution in [1.29, 1.82) is 0 Å². The van der Waals surface area contributed by atoms with Gasteiger partial charge < -0.3 is 39.0 Å². The van der Waals surface area contributed by atoms with E-state index >= 15 is 4.39 Å². The summed E-state index contributed by atoms with van der Waals surface area (Å²) in [6, 6.07) is 8.68. The van der Waals surface area contributed by atoms with E-state index in [0.717, 1.165) is 132 Å². The maximum atomic E-state index is 15.1. The molecule has 0 unspecified atom stereocenters. The van der Waals surface area contributed by atoms with Gasteiger partial charge >= 0.3 is 0 Å². The lowest BCUT2D eigenvalue weighted by Crippen LogP contribution is -2.48. The first-order chi connectivity index (χ1) is 32.0. The predicted octanol–water partition coefficient (Wildman–Crippen LogP) is 8.69. The molecule has 4 aliphatic heterocycles. The Morgan fingerprint density at radius 3 is 1.44 bits per heavy atom. The Balaban J connectivity index is 0.000000166. The van der Waals surface area contributed by atoms with Crippen LogP contribution >= 0.6 is 15.9 Å². The molecule has 0 bridgehead atoms. The molecule has 0 aliphatic carbocycles. The number of rotatable bonds is 8. The van der Waals surface area contributed by atoms with E-state index in [2.05, 4.69) is 68.5 Å². The monoisotopic (exact) mass is 966 g/mol. The molecule has 14 nitrogen and oxygen atoms in total. The molecule has 4 saturated heterocycles. The van der Waals surface area contributed by atoms with Crippen molar-refractivity contribution in [3.63, 3.8) is 0 Å². The van der Waals surface area contributed by atoms with Gasteiger partial charge in [-0.15, -0.1) is 5.92 Å². The summed E-state index contributed by atoms with van der Waals surface area (Å²) in [5.41, 5.74) is 4.63. The topological polar surface area (TPSA) is 153 Å². The molecule has 4 aliphatic rings. The number of halogens is 3. The molecule has 0 spiro atoms. The second kappa shape index (κ2) is 20.4. The van der Waals surface area contributed by atoms with Gasteiger partial charge in [0.05, 0.1) is 11.1 Å². The Labute approximate surface area is 392 Å². The Bertz CT molecular complexity index is 2740. The number of nitrogens with zero attached hydrogens (tertiary/aromatic N) is 8. The first-order valence-electron chi connectivity index (χ1n) is 23.2. The van der Waals surface area contributed by atoms with Crippen molar-refractivity contribution < 1.29 is 27.3 Å². The fourth-order valence-corrected chi connectivity index (χ4v) is 10.2. The highest BCUT2D eigenvalue weighted by Gasteiger charge is 2.31. The summed E-state index contributed by atoms with van der Waals surface area (Å²) in [4.78, 5) is 23.0. The van der Waals surface area contributed by atoms with Crippen molar-refractivity contribution in [2.24, 2.45) is 0 Å². The van der Waals surface area contributed by atoms with Crippen LogP contribution in [0.4, 0.5) is 20.4 Å². The summed E-state index contributed by atoms with van der Waals surface area (Å²) < 4.78 is 52.7. The van der Waals surface area contributed by atoms with Crippen LogP contribution in [-0.2, 0) is 9.47 Å². The van der Waals surface area contributed by atoms with Gasteiger partial charge in [0.25, 0.3) is 11.8 Å². The Hall–Kier alpha value is -5.12. The zero-order valence-corrected chi connectivity index (χ0v) is 39.9. The third kappa shape index (κ3) is 10.1. The lowest BCUT2D eigenvalue weighted by Gasteiger charge is -2.37. The third-order valence-electron chi connectivity index (χ3n) is 13.3. The van der Waals surface area contributed by atoms with Crippen LogP contribution in [0.15, 0.2) is 37.8 Å². The van der Waals surface area contributed by atoms with Gasteiger partial charge in [0.2, 0.25) is 0 Å². The normalized spacial score (nSPS) is 18.1. The van der Waals surface area contributed by atoms with Crippen molar-refractivity contribution >= 4 is 49.4 Å². The lowest BCUT2D eigenvalue weighted by molar-refractivity contribution is 0.0737. The van der Waals surface area contributed by atoms with E-state index in [4.69, 9.17) is 28.5 Å². The molecule has 2 aromatic carbocycles. The summed E-state index contributed by atoms with van der Waals surface area (Å²) in [6.45, 7) is 15.9. The maximum absolute atomic E-state index is 15.1. The molecule has 0 atom stereocenters. The first kappa shape index (κ1) is 46.0. The smallest absolute Gasteiger partial charge is 0.261 e. The average Bonchev–Trinajstić information content (AvgIpc) is 3.95. The maximum Gasteiger partial charge on any atom is 0.261 e. The average molecular weight is 968 g/mol. The molecular weight excluding hydrogens is 911 g/mol. The molecule has 17 heteroatoms. The number of benzene rings is 2. The molecule has 10 rings (SSSR count). The van der Waals surface area contributed by atoms with E-state index in [1.54, 1.807) is 20.8 Å². The van der Waals surface area contributed by atoms with E-state index in [0.29, 0.717) is 85.7 Å². The summed E-state index contributed by atoms with van der Waals surface area (Å²) in [5.74, 6) is 8.44. The molecular formula is C49H57BrF2N10O4. The minimum atomic E-state index is -0.371. The van der Waals surface area contributed by atoms with Gasteiger partial charge in [-0.3, -0.25) is 0 Å². The Kier molecular flexibility index (Phi) is 14.2. The van der Waals surface area contributed by atoms with Gasteiger partial charge in [0.1, 0.15) is 22.7 Å². The van der Waals surface area contributed by atoms with Crippen molar-refractivity contribution in [3.8, 4) is 34.7 Å². The fraction of sp³-hybridized carbons (Fsp3) is 0.510. The van der Waals surface area contributed by atoms with E-state index in [1.807, 2.05) is 26.0 Å². The third-order valence-corrected chi connectivity index (χ3v) is 13.7. The van der Waals surface area contributed by atoms with Crippen LogP contribution in [0.5, 0.6) is 0 Å². The Morgan fingerprint density at radius 2 is 1.02 bits per heavy atom. The number of nitrogens with one attached hydrogen (secondary N) is 2. The lowest BCUT2D eigenvalue weighted by atomic mass is 9.98. The predicted molar refractivity (Wildman–Crippen MR) is 254 cm³/mol. The van der Waals surface area contributed by atoms with Gasteiger partial charge in [0.15, 0.2) is 23.3 Å². The fourth-order valence-electron chi connectivity index (χ4n) is 9.79. The molecule has 4 fully saturated rings. The highest BCUT2D eigenvalue weighted by molar-refractivity contribution is 9.10. The zero-order chi connectivity index (χ0) is 45.9. The number of hydrogen-bond donors (Lipinski definition) is 2. The second-order valence-electron chi connectivity index (χ2n) is 17.8. The zero-order valence-electron chi connectivity index (χ0n) is 38.3. The molecule has 348 valence electrons. The largest absolute Gasteiger partial charge is 0.381 e. The van der Waals surface area contributed by atoms with E-state index in [-0.39, 0.29) is 11.6 Å². The van der Waals surface area contributed by atoms with E-state index in [1.165, 1.54) is 12.1 Å². The molecule has 0 amide bonds. The van der Waals surface area contributed by atoms with E-state index in [9.17, 15) is 4.39 Å². The van der Waals surface area contributed by atoms with Gasteiger partial charge in [-0.05, 0) is 121 Å². The van der Waals surface area contributed by atoms with Gasteiger partial charge in [0, 0.05) is 97.6 Å². The van der Waals surface area contributed by atoms with Gasteiger partial charge in [-0.1, -0.05) is 32.2 Å². The number of aromatic nitrogens is 6. The van der Waals surface area contributed by atoms with Crippen molar-refractivity contribution in [1.82, 2.24) is 40.9 Å². The van der Waals surface area contributed by atoms with Crippen LogP contribution in [-0.4, -0.2) is 107 Å². The minimum Gasteiger partial charge on any atom is -0.381 e.